The van der Waals surface area contributed by atoms with Crippen LogP contribution in [-0.2, 0) is 10.2 Å². The van der Waals surface area contributed by atoms with Crippen LogP contribution in [0.15, 0.2) is 36.1 Å². The number of hydrogen-bond acceptors (Lipinski definition) is 2. The number of nitrogens with one attached hydrogen (secondary N) is 1. The van der Waals surface area contributed by atoms with Crippen LogP contribution in [0.25, 0.3) is 0 Å². The van der Waals surface area contributed by atoms with Crippen LogP contribution >= 0.6 is 0 Å². The molecule has 1 aromatic carbocycles. The maximum atomic E-state index is 5.91. The second kappa shape index (κ2) is 6.45. The normalized spacial score (nSPS) is 17.3. The van der Waals surface area contributed by atoms with Crippen LogP contribution in [0.2, 0.25) is 0 Å². The zero-order chi connectivity index (χ0) is 14.6. The zero-order valence-corrected chi connectivity index (χ0v) is 13.2. The summed E-state index contributed by atoms with van der Waals surface area (Å²) in [7, 11) is 0. The number of rotatable bonds is 4. The first-order valence-corrected chi connectivity index (χ1v) is 7.69. The molecule has 1 aliphatic heterocycles. The Bertz CT molecular complexity index is 471. The summed E-state index contributed by atoms with van der Waals surface area (Å²) < 4.78 is 5.91. The highest BCUT2D eigenvalue weighted by molar-refractivity contribution is 5.38. The van der Waals surface area contributed by atoms with Gasteiger partial charge in [0.1, 0.15) is 5.76 Å². The Morgan fingerprint density at radius 1 is 1.25 bits per heavy atom. The van der Waals surface area contributed by atoms with Gasteiger partial charge in [0.2, 0.25) is 0 Å². The van der Waals surface area contributed by atoms with E-state index in [1.165, 1.54) is 11.1 Å². The van der Waals surface area contributed by atoms with Crippen LogP contribution in [-0.4, -0.2) is 13.2 Å². The smallest absolute Gasteiger partial charge is 0.113 e. The van der Waals surface area contributed by atoms with Crippen molar-refractivity contribution in [1.29, 1.82) is 0 Å². The molecule has 1 aromatic rings. The monoisotopic (exact) mass is 273 g/mol. The van der Waals surface area contributed by atoms with Crippen molar-refractivity contribution in [2.45, 2.75) is 52.0 Å². The minimum Gasteiger partial charge on any atom is -0.496 e. The number of hydrogen-bond donors (Lipinski definition) is 1. The van der Waals surface area contributed by atoms with Crippen molar-refractivity contribution in [3.63, 3.8) is 0 Å². The van der Waals surface area contributed by atoms with Crippen LogP contribution in [0.1, 0.15) is 57.7 Å². The van der Waals surface area contributed by atoms with Gasteiger partial charge >= 0.3 is 0 Å². The SMILES string of the molecule is CCNC(C1=CCCCO1)c1ccccc1C(C)(C)C. The summed E-state index contributed by atoms with van der Waals surface area (Å²) in [5.74, 6) is 1.09. The van der Waals surface area contributed by atoms with Gasteiger partial charge in [-0.05, 0) is 42.0 Å². The molecule has 0 fully saturated rings. The molecule has 0 aliphatic carbocycles. The third kappa shape index (κ3) is 3.43. The van der Waals surface area contributed by atoms with E-state index >= 15 is 0 Å². The van der Waals surface area contributed by atoms with Crippen LogP contribution in [0.3, 0.4) is 0 Å². The quantitative estimate of drug-likeness (QED) is 0.881. The Morgan fingerprint density at radius 3 is 2.60 bits per heavy atom. The number of likely N-dealkylation sites (N-methyl/N-ethyl adjacent to an activating group) is 1. The molecule has 1 aliphatic rings. The molecular formula is C18H27NO. The minimum atomic E-state index is 0.138. The topological polar surface area (TPSA) is 21.3 Å². The molecule has 2 rings (SSSR count). The van der Waals surface area contributed by atoms with E-state index in [1.807, 2.05) is 0 Å². The number of benzene rings is 1. The van der Waals surface area contributed by atoms with E-state index in [4.69, 9.17) is 4.74 Å². The second-order valence-electron chi connectivity index (χ2n) is 6.43. The molecule has 20 heavy (non-hydrogen) atoms. The summed E-state index contributed by atoms with van der Waals surface area (Å²) >= 11 is 0. The molecule has 110 valence electrons. The average Bonchev–Trinajstić information content (AvgIpc) is 2.45. The molecule has 0 saturated heterocycles. The van der Waals surface area contributed by atoms with Gasteiger partial charge in [0.25, 0.3) is 0 Å². The van der Waals surface area contributed by atoms with Gasteiger partial charge in [-0.1, -0.05) is 52.0 Å². The fourth-order valence-electron chi connectivity index (χ4n) is 2.78. The van der Waals surface area contributed by atoms with E-state index < -0.39 is 0 Å². The van der Waals surface area contributed by atoms with Crippen LogP contribution in [0, 0.1) is 0 Å². The predicted octanol–water partition coefficient (Wildman–Crippen LogP) is 4.33. The molecule has 1 N–H and O–H groups in total. The van der Waals surface area contributed by atoms with Gasteiger partial charge in [-0.15, -0.1) is 0 Å². The highest BCUT2D eigenvalue weighted by Gasteiger charge is 2.25. The van der Waals surface area contributed by atoms with Crippen molar-refractivity contribution >= 4 is 0 Å². The second-order valence-corrected chi connectivity index (χ2v) is 6.43. The minimum absolute atomic E-state index is 0.138. The summed E-state index contributed by atoms with van der Waals surface area (Å²) in [5, 5.41) is 3.59. The maximum absolute atomic E-state index is 5.91. The van der Waals surface area contributed by atoms with Gasteiger partial charge in [0.05, 0.1) is 12.6 Å². The lowest BCUT2D eigenvalue weighted by molar-refractivity contribution is 0.167. The molecule has 1 atom stereocenters. The molecule has 2 nitrogen and oxygen atoms in total. The van der Waals surface area contributed by atoms with Crippen molar-refractivity contribution in [3.8, 4) is 0 Å². The highest BCUT2D eigenvalue weighted by Crippen LogP contribution is 2.34. The predicted molar refractivity (Wildman–Crippen MR) is 84.8 cm³/mol. The number of ether oxygens (including phenoxy) is 1. The molecule has 0 amide bonds. The van der Waals surface area contributed by atoms with Gasteiger partial charge in [0, 0.05) is 0 Å². The van der Waals surface area contributed by atoms with E-state index in [1.54, 1.807) is 0 Å². The third-order valence-electron chi connectivity index (χ3n) is 3.74. The lowest BCUT2D eigenvalue weighted by Crippen LogP contribution is -2.28. The summed E-state index contributed by atoms with van der Waals surface area (Å²) in [6.45, 7) is 10.7. The van der Waals surface area contributed by atoms with Crippen LogP contribution in [0.4, 0.5) is 0 Å². The summed E-state index contributed by atoms with van der Waals surface area (Å²) in [6.07, 6.45) is 4.49. The standard InChI is InChI=1S/C18H27NO/c1-5-19-17(16-12-8-9-13-20-16)14-10-6-7-11-15(14)18(2,3)4/h6-7,10-12,17,19H,5,8-9,13H2,1-4H3. The zero-order valence-electron chi connectivity index (χ0n) is 13.2. The Morgan fingerprint density at radius 2 is 2.00 bits per heavy atom. The van der Waals surface area contributed by atoms with Gasteiger partial charge in [0.15, 0.2) is 0 Å². The van der Waals surface area contributed by atoms with Crippen molar-refractivity contribution < 1.29 is 4.74 Å². The van der Waals surface area contributed by atoms with E-state index in [0.29, 0.717) is 0 Å². The Labute approximate surface area is 123 Å². The van der Waals surface area contributed by atoms with E-state index in [9.17, 15) is 0 Å². The molecule has 0 spiro atoms. The van der Waals surface area contributed by atoms with Crippen molar-refractivity contribution in [3.05, 3.63) is 47.2 Å². The summed E-state index contributed by atoms with van der Waals surface area (Å²) in [4.78, 5) is 0. The van der Waals surface area contributed by atoms with Crippen molar-refractivity contribution in [1.82, 2.24) is 5.32 Å². The maximum Gasteiger partial charge on any atom is 0.113 e. The molecule has 2 heteroatoms. The summed E-state index contributed by atoms with van der Waals surface area (Å²) in [6, 6.07) is 8.90. The molecule has 1 unspecified atom stereocenters. The third-order valence-corrected chi connectivity index (χ3v) is 3.74. The van der Waals surface area contributed by atoms with Crippen LogP contribution < -0.4 is 5.32 Å². The van der Waals surface area contributed by atoms with Gasteiger partial charge < -0.3 is 10.1 Å². The first-order valence-electron chi connectivity index (χ1n) is 7.69. The van der Waals surface area contributed by atoms with Gasteiger partial charge in [-0.3, -0.25) is 0 Å². The molecule has 1 heterocycles. The first kappa shape index (κ1) is 15.1. The Balaban J connectivity index is 2.41. The number of allylic oxidation sites excluding steroid dienone is 1. The Kier molecular flexibility index (Phi) is 4.87. The van der Waals surface area contributed by atoms with Crippen LogP contribution in [0.5, 0.6) is 0 Å². The summed E-state index contributed by atoms with van der Waals surface area (Å²) in [5.41, 5.74) is 2.87. The highest BCUT2D eigenvalue weighted by atomic mass is 16.5. The van der Waals surface area contributed by atoms with Gasteiger partial charge in [-0.25, -0.2) is 0 Å². The lowest BCUT2D eigenvalue weighted by Gasteiger charge is -2.30. The fourth-order valence-corrected chi connectivity index (χ4v) is 2.78. The van der Waals surface area contributed by atoms with Gasteiger partial charge in [-0.2, -0.15) is 0 Å². The molecule has 0 aromatic heterocycles. The molecule has 0 saturated carbocycles. The largest absolute Gasteiger partial charge is 0.496 e. The first-order chi connectivity index (χ1) is 9.54. The molecule has 0 bridgehead atoms. The molecular weight excluding hydrogens is 246 g/mol. The van der Waals surface area contributed by atoms with Crippen molar-refractivity contribution in [2.75, 3.05) is 13.2 Å². The van der Waals surface area contributed by atoms with Crippen molar-refractivity contribution in [2.24, 2.45) is 0 Å². The average molecular weight is 273 g/mol. The Hall–Kier alpha value is -1.28. The van der Waals surface area contributed by atoms with E-state index in [2.05, 4.69) is 63.4 Å². The van der Waals surface area contributed by atoms with E-state index in [-0.39, 0.29) is 11.5 Å². The fraction of sp³-hybridized carbons (Fsp3) is 0.556. The lowest BCUT2D eigenvalue weighted by atomic mass is 9.81. The van der Waals surface area contributed by atoms with E-state index in [0.717, 1.165) is 31.8 Å². The molecule has 0 radical (unpaired) electrons.